The molecule has 3 unspecified atom stereocenters. The van der Waals surface area contributed by atoms with Gasteiger partial charge in [0.05, 0.1) is 18.7 Å². The first-order valence-electron chi connectivity index (χ1n) is 6.37. The summed E-state index contributed by atoms with van der Waals surface area (Å²) in [6.07, 6.45) is 0.659. The zero-order valence-electron chi connectivity index (χ0n) is 12.1. The molecule has 22 heavy (non-hydrogen) atoms. The van der Waals surface area contributed by atoms with E-state index in [1.807, 2.05) is 6.26 Å². The highest BCUT2D eigenvalue weighted by Gasteiger charge is 2.25. The second kappa shape index (κ2) is 8.56. The molecule has 0 saturated carbocycles. The number of thioether (sulfide) groups is 1. The normalized spacial score (nSPS) is 14.9. The molecule has 1 rings (SSSR count). The number of nitrogens with zero attached hydrogens (tertiary/aromatic N) is 2. The molecule has 0 aromatic carbocycles. The third kappa shape index (κ3) is 5.50. The molecule has 2 amide bonds. The van der Waals surface area contributed by atoms with Crippen molar-refractivity contribution in [2.75, 3.05) is 12.0 Å². The monoisotopic (exact) mass is 333 g/mol. The lowest BCUT2D eigenvalue weighted by Crippen LogP contribution is -2.51. The molecule has 6 N–H and O–H groups in total. The number of aliphatic hydroxyl groups excluding tert-OH is 1. The highest BCUT2D eigenvalue weighted by molar-refractivity contribution is 7.98. The van der Waals surface area contributed by atoms with Gasteiger partial charge in [0.15, 0.2) is 6.04 Å². The molecule has 0 aliphatic carbocycles. The van der Waals surface area contributed by atoms with Gasteiger partial charge < -0.3 is 31.0 Å². The molecule has 11 heteroatoms. The van der Waals surface area contributed by atoms with Crippen molar-refractivity contribution in [3.8, 4) is 0 Å². The van der Waals surface area contributed by atoms with Gasteiger partial charge in [0.2, 0.25) is 11.8 Å². The van der Waals surface area contributed by atoms with E-state index in [0.717, 1.165) is 0 Å². The van der Waals surface area contributed by atoms with E-state index < -0.39 is 30.2 Å². The molecule has 10 nitrogen and oxygen atoms in total. The first-order valence-corrected chi connectivity index (χ1v) is 7.76. The number of hydrogen-bond donors (Lipinski definition) is 5. The van der Waals surface area contributed by atoms with Crippen LogP contribution in [0, 0.1) is 0 Å². The van der Waals surface area contributed by atoms with Gasteiger partial charge in [-0.1, -0.05) is 0 Å². The van der Waals surface area contributed by atoms with Crippen LogP contribution in [0.5, 0.6) is 0 Å². The summed E-state index contributed by atoms with van der Waals surface area (Å²) in [6, 6.07) is -2.58. The van der Waals surface area contributed by atoms with Gasteiger partial charge in [-0.2, -0.15) is 11.8 Å². The number of amides is 2. The maximum atomic E-state index is 11.6. The Kier molecular flexibility index (Phi) is 7.08. The summed E-state index contributed by atoms with van der Waals surface area (Å²) in [4.78, 5) is 22.4. The van der Waals surface area contributed by atoms with Crippen LogP contribution in [0.25, 0.3) is 0 Å². The zero-order valence-corrected chi connectivity index (χ0v) is 13.0. The van der Waals surface area contributed by atoms with Gasteiger partial charge in [-0.3, -0.25) is 0 Å². The van der Waals surface area contributed by atoms with Crippen LogP contribution in [0.2, 0.25) is 0 Å². The van der Waals surface area contributed by atoms with Crippen LogP contribution in [0.1, 0.15) is 24.7 Å². The van der Waals surface area contributed by atoms with Gasteiger partial charge >= 0.3 is 12.0 Å². The molecule has 0 radical (unpaired) electrons. The van der Waals surface area contributed by atoms with Crippen molar-refractivity contribution in [2.24, 2.45) is 5.73 Å². The Morgan fingerprint density at radius 1 is 1.45 bits per heavy atom. The van der Waals surface area contributed by atoms with E-state index in [1.54, 1.807) is 0 Å². The van der Waals surface area contributed by atoms with Gasteiger partial charge in [0.25, 0.3) is 0 Å². The summed E-state index contributed by atoms with van der Waals surface area (Å²) in [5, 5.41) is 30.1. The van der Waals surface area contributed by atoms with E-state index in [9.17, 15) is 14.7 Å². The number of aliphatic carboxylic acids is 1. The minimum Gasteiger partial charge on any atom is -0.480 e. The Bertz CT molecular complexity index is 509. The number of aromatic nitrogens is 2. The molecule has 1 aromatic rings. The maximum Gasteiger partial charge on any atom is 0.328 e. The van der Waals surface area contributed by atoms with Crippen molar-refractivity contribution in [3.05, 3.63) is 11.8 Å². The Hall–Kier alpha value is -1.85. The number of carbonyl (C=O) groups excluding carboxylic acids is 1. The van der Waals surface area contributed by atoms with Crippen molar-refractivity contribution < 1.29 is 24.2 Å². The third-order valence-electron chi connectivity index (χ3n) is 2.58. The highest BCUT2D eigenvalue weighted by Crippen LogP contribution is 2.12. The van der Waals surface area contributed by atoms with Crippen LogP contribution >= 0.6 is 11.8 Å². The SMILES string of the molecule is CSCC(N)c1nnc(CNC(=O)NC(C(=O)O)C(C)O)o1. The molecule has 0 fully saturated rings. The number of hydrogen-bond acceptors (Lipinski definition) is 8. The second-order valence-corrected chi connectivity index (χ2v) is 5.39. The number of carboxylic acid groups (broad SMARTS) is 1. The summed E-state index contributed by atoms with van der Waals surface area (Å²) in [6.45, 7) is 1.17. The smallest absolute Gasteiger partial charge is 0.328 e. The molecule has 0 aliphatic heterocycles. The fourth-order valence-electron chi connectivity index (χ4n) is 1.48. The number of carbonyl (C=O) groups is 2. The molecule has 124 valence electrons. The lowest BCUT2D eigenvalue weighted by atomic mass is 10.2. The summed E-state index contributed by atoms with van der Waals surface area (Å²) in [7, 11) is 0. The Morgan fingerprint density at radius 3 is 2.68 bits per heavy atom. The Balaban J connectivity index is 2.49. The number of nitrogens with two attached hydrogens (primary N) is 1. The average Bonchev–Trinajstić information content (AvgIpc) is 2.91. The molecule has 3 atom stereocenters. The summed E-state index contributed by atoms with van der Waals surface area (Å²) in [5.74, 6) is -0.317. The van der Waals surface area contributed by atoms with E-state index in [4.69, 9.17) is 15.3 Å². The van der Waals surface area contributed by atoms with E-state index in [0.29, 0.717) is 5.75 Å². The quantitative estimate of drug-likeness (QED) is 0.404. The predicted molar refractivity (Wildman–Crippen MR) is 78.1 cm³/mol. The molecule has 0 saturated heterocycles. The second-order valence-electron chi connectivity index (χ2n) is 4.48. The summed E-state index contributed by atoms with van der Waals surface area (Å²) in [5.41, 5.74) is 5.80. The molecular formula is C11H19N5O5S. The molecule has 0 aliphatic rings. The topological polar surface area (TPSA) is 164 Å². The Morgan fingerprint density at radius 2 is 2.14 bits per heavy atom. The van der Waals surface area contributed by atoms with E-state index in [2.05, 4.69) is 20.8 Å². The van der Waals surface area contributed by atoms with E-state index in [-0.39, 0.29) is 18.3 Å². The molecule has 0 spiro atoms. The highest BCUT2D eigenvalue weighted by atomic mass is 32.2. The van der Waals surface area contributed by atoms with Crippen molar-refractivity contribution in [3.63, 3.8) is 0 Å². The molecular weight excluding hydrogens is 314 g/mol. The number of carboxylic acids is 1. The zero-order chi connectivity index (χ0) is 16.7. The van der Waals surface area contributed by atoms with Crippen molar-refractivity contribution >= 4 is 23.8 Å². The van der Waals surface area contributed by atoms with E-state index >= 15 is 0 Å². The summed E-state index contributed by atoms with van der Waals surface area (Å²) >= 11 is 1.53. The minimum absolute atomic E-state index is 0.0863. The lowest BCUT2D eigenvalue weighted by molar-refractivity contribution is -0.141. The van der Waals surface area contributed by atoms with Gasteiger partial charge in [0, 0.05) is 5.75 Å². The minimum atomic E-state index is -1.41. The predicted octanol–water partition coefficient (Wildman–Crippen LogP) is -0.934. The molecule has 1 aromatic heterocycles. The third-order valence-corrected chi connectivity index (χ3v) is 3.27. The van der Waals surface area contributed by atoms with Crippen LogP contribution in [0.15, 0.2) is 4.42 Å². The fourth-order valence-corrected chi connectivity index (χ4v) is 1.98. The largest absolute Gasteiger partial charge is 0.480 e. The number of rotatable bonds is 8. The standard InChI is InChI=1S/C11H19N5O5S/c1-5(17)8(10(18)19)14-11(20)13-3-7-15-16-9(21-7)6(12)4-22-2/h5-6,8,17H,3-4,12H2,1-2H3,(H,18,19)(H2,13,14,20). The molecule has 1 heterocycles. The maximum absolute atomic E-state index is 11.6. The average molecular weight is 333 g/mol. The number of urea groups is 1. The van der Waals surface area contributed by atoms with Crippen LogP contribution in [-0.2, 0) is 11.3 Å². The van der Waals surface area contributed by atoms with Gasteiger partial charge in [-0.05, 0) is 13.2 Å². The van der Waals surface area contributed by atoms with Crippen molar-refractivity contribution in [1.82, 2.24) is 20.8 Å². The van der Waals surface area contributed by atoms with Crippen LogP contribution in [-0.4, -0.2) is 56.6 Å². The first-order chi connectivity index (χ1) is 10.3. The summed E-state index contributed by atoms with van der Waals surface area (Å²) < 4.78 is 5.28. The van der Waals surface area contributed by atoms with Crippen LogP contribution < -0.4 is 16.4 Å². The number of nitrogens with one attached hydrogen (secondary N) is 2. The van der Waals surface area contributed by atoms with Gasteiger partial charge in [0.1, 0.15) is 0 Å². The number of aliphatic hydroxyl groups is 1. The van der Waals surface area contributed by atoms with Crippen LogP contribution in [0.4, 0.5) is 4.79 Å². The van der Waals surface area contributed by atoms with Crippen molar-refractivity contribution in [1.29, 1.82) is 0 Å². The lowest BCUT2D eigenvalue weighted by Gasteiger charge is -2.16. The van der Waals surface area contributed by atoms with Crippen LogP contribution in [0.3, 0.4) is 0 Å². The van der Waals surface area contributed by atoms with Crippen molar-refractivity contribution in [2.45, 2.75) is 31.7 Å². The fraction of sp³-hybridized carbons (Fsp3) is 0.636. The Labute approximate surface area is 130 Å². The molecule has 0 bridgehead atoms. The van der Waals surface area contributed by atoms with Gasteiger partial charge in [-0.15, -0.1) is 10.2 Å². The van der Waals surface area contributed by atoms with Gasteiger partial charge in [-0.25, -0.2) is 9.59 Å². The van der Waals surface area contributed by atoms with E-state index in [1.165, 1.54) is 18.7 Å². The first kappa shape index (κ1) is 18.2.